The van der Waals surface area contributed by atoms with E-state index in [9.17, 15) is 0 Å². The highest BCUT2D eigenvalue weighted by Gasteiger charge is 2.39. The van der Waals surface area contributed by atoms with Gasteiger partial charge in [0, 0.05) is 48.1 Å². The molecule has 0 radical (unpaired) electrons. The summed E-state index contributed by atoms with van der Waals surface area (Å²) in [6, 6.07) is 87.8. The van der Waals surface area contributed by atoms with Crippen LogP contribution in [0.4, 0.5) is 17.1 Å². The third-order valence-corrected chi connectivity index (χ3v) is 15.0. The Morgan fingerprint density at radius 2 is 0.922 bits per heavy atom. The van der Waals surface area contributed by atoms with Crippen molar-refractivity contribution in [3.05, 3.63) is 270 Å². The van der Waals surface area contributed by atoms with Crippen molar-refractivity contribution in [2.45, 2.75) is 24.7 Å². The Morgan fingerprint density at radius 3 is 1.62 bits per heavy atom. The van der Waals surface area contributed by atoms with Crippen molar-refractivity contribution in [2.75, 3.05) is 4.90 Å². The normalized spacial score (nSPS) is 13.0. The predicted molar refractivity (Wildman–Crippen MR) is 273 cm³/mol. The summed E-state index contributed by atoms with van der Waals surface area (Å²) in [7, 11) is 0. The summed E-state index contributed by atoms with van der Waals surface area (Å²) in [6.07, 6.45) is 0. The Morgan fingerprint density at radius 1 is 0.391 bits per heavy atom. The summed E-state index contributed by atoms with van der Waals surface area (Å²) in [4.78, 5) is 2.52. The zero-order valence-corrected chi connectivity index (χ0v) is 36.7. The molecule has 0 spiro atoms. The molecule has 1 heterocycles. The molecule has 10 aromatic carbocycles. The van der Waals surface area contributed by atoms with Crippen LogP contribution in [0.2, 0.25) is 0 Å². The maximum absolute atomic E-state index is 2.52. The molecule has 0 aliphatic heterocycles. The highest BCUT2D eigenvalue weighted by molar-refractivity contribution is 7.26. The van der Waals surface area contributed by atoms with Gasteiger partial charge < -0.3 is 4.90 Å². The number of fused-ring (bicyclic) bond motifs is 7. The minimum absolute atomic E-state index is 0.0997. The molecule has 1 nitrogen and oxygen atoms in total. The molecule has 11 aromatic rings. The minimum Gasteiger partial charge on any atom is -0.310 e. The second-order valence-corrected chi connectivity index (χ2v) is 18.6. The van der Waals surface area contributed by atoms with Crippen LogP contribution >= 0.6 is 11.3 Å². The van der Waals surface area contributed by atoms with Gasteiger partial charge in [0.15, 0.2) is 0 Å². The Hall–Kier alpha value is -7.52. The van der Waals surface area contributed by atoms with E-state index in [1.807, 2.05) is 11.3 Å². The summed E-state index contributed by atoms with van der Waals surface area (Å²) < 4.78 is 2.61. The van der Waals surface area contributed by atoms with Crippen LogP contribution in [0.1, 0.15) is 47.2 Å². The van der Waals surface area contributed by atoms with E-state index in [2.05, 4.69) is 255 Å². The summed E-state index contributed by atoms with van der Waals surface area (Å²) in [5, 5.41) is 5.05. The van der Waals surface area contributed by atoms with Gasteiger partial charge in [-0.1, -0.05) is 214 Å². The van der Waals surface area contributed by atoms with Crippen LogP contribution in [0, 0.1) is 0 Å². The van der Waals surface area contributed by atoms with Gasteiger partial charge in [-0.25, -0.2) is 0 Å². The fraction of sp³-hybridized carbons (Fsp3) is 0.0645. The molecule has 0 atom stereocenters. The lowest BCUT2D eigenvalue weighted by Gasteiger charge is -2.37. The lowest BCUT2D eigenvalue weighted by Crippen LogP contribution is -2.31. The third kappa shape index (κ3) is 5.83. The number of benzene rings is 10. The van der Waals surface area contributed by atoms with Crippen molar-refractivity contribution < 1.29 is 0 Å². The van der Waals surface area contributed by atoms with Crippen molar-refractivity contribution in [3.63, 3.8) is 0 Å². The Bertz CT molecular complexity index is 3410. The van der Waals surface area contributed by atoms with Gasteiger partial charge in [-0.3, -0.25) is 0 Å². The van der Waals surface area contributed by atoms with Crippen LogP contribution in [0.25, 0.3) is 53.2 Å². The molecule has 0 amide bonds. The minimum atomic E-state index is -0.555. The molecule has 0 saturated heterocycles. The van der Waals surface area contributed by atoms with Gasteiger partial charge in [-0.05, 0) is 91.7 Å². The van der Waals surface area contributed by atoms with Gasteiger partial charge in [0.1, 0.15) is 0 Å². The lowest BCUT2D eigenvalue weighted by atomic mass is 9.65. The first-order valence-corrected chi connectivity index (χ1v) is 23.1. The Kier molecular flexibility index (Phi) is 9.00. The van der Waals surface area contributed by atoms with E-state index in [0.717, 1.165) is 17.1 Å². The molecule has 0 bridgehead atoms. The van der Waals surface area contributed by atoms with Crippen molar-refractivity contribution in [1.29, 1.82) is 0 Å². The molecule has 2 heteroatoms. The Labute approximate surface area is 379 Å². The number of hydrogen-bond acceptors (Lipinski definition) is 2. The molecular formula is C62H45NS. The zero-order valence-electron chi connectivity index (χ0n) is 35.9. The fourth-order valence-corrected chi connectivity index (χ4v) is 12.1. The van der Waals surface area contributed by atoms with Crippen molar-refractivity contribution in [2.24, 2.45) is 0 Å². The molecule has 1 aliphatic rings. The SMILES string of the molecule is CC1(C)c2ccccc2-c2cc(N(c3ccc(C(c4ccccc4)(c4ccccc4)c4ccccc4)cc3)c3ccc4ccccc4c3-c3cccc4c3sc3ccccc34)ccc21. The molecule has 1 aliphatic carbocycles. The van der Waals surface area contributed by atoms with E-state index < -0.39 is 5.41 Å². The first-order chi connectivity index (χ1) is 31.5. The van der Waals surface area contributed by atoms with Gasteiger partial charge in [0.2, 0.25) is 0 Å². The molecule has 304 valence electrons. The molecule has 64 heavy (non-hydrogen) atoms. The monoisotopic (exact) mass is 835 g/mol. The first-order valence-electron chi connectivity index (χ1n) is 22.3. The maximum atomic E-state index is 2.52. The van der Waals surface area contributed by atoms with E-state index in [1.165, 1.54) is 86.6 Å². The van der Waals surface area contributed by atoms with Crippen LogP contribution in [0.3, 0.4) is 0 Å². The predicted octanol–water partition coefficient (Wildman–Crippen LogP) is 17.0. The van der Waals surface area contributed by atoms with E-state index in [4.69, 9.17) is 0 Å². The summed E-state index contributed by atoms with van der Waals surface area (Å²) >= 11 is 1.89. The van der Waals surface area contributed by atoms with Crippen LogP contribution in [0.15, 0.2) is 237 Å². The summed E-state index contributed by atoms with van der Waals surface area (Å²) in [5.41, 5.74) is 15.4. The molecule has 0 fully saturated rings. The number of rotatable bonds is 8. The van der Waals surface area contributed by atoms with Gasteiger partial charge in [0.25, 0.3) is 0 Å². The number of thiophene rings is 1. The third-order valence-electron chi connectivity index (χ3n) is 13.8. The van der Waals surface area contributed by atoms with Crippen LogP contribution in [-0.2, 0) is 10.8 Å². The summed E-state index contributed by atoms with van der Waals surface area (Å²) in [6.45, 7) is 4.72. The van der Waals surface area contributed by atoms with Crippen LogP contribution < -0.4 is 4.90 Å². The highest BCUT2D eigenvalue weighted by Crippen LogP contribution is 2.53. The van der Waals surface area contributed by atoms with E-state index in [1.54, 1.807) is 0 Å². The standard InChI is InChI=1S/C62H45NS/c1-61(2)55-31-16-14-27-50(55)54-41-48(38-39-56(54)61)63(57-40-33-42-19-12-13-26-49(42)59(57)53-30-18-29-52-51-28-15-17-32-58(51)64-60(52)53)47-36-34-46(35-37-47)62(43-20-6-3-7-21-43,44-22-8-4-9-23-44)45-24-10-5-11-25-45/h3-41H,1-2H3. The number of anilines is 3. The van der Waals surface area contributed by atoms with Gasteiger partial charge in [-0.2, -0.15) is 0 Å². The topological polar surface area (TPSA) is 3.24 Å². The van der Waals surface area contributed by atoms with E-state index in [-0.39, 0.29) is 5.41 Å². The van der Waals surface area contributed by atoms with Crippen LogP contribution in [-0.4, -0.2) is 0 Å². The number of nitrogens with zero attached hydrogens (tertiary/aromatic N) is 1. The smallest absolute Gasteiger partial charge is 0.0701 e. The van der Waals surface area contributed by atoms with Crippen molar-refractivity contribution in [3.8, 4) is 22.3 Å². The highest BCUT2D eigenvalue weighted by atomic mass is 32.1. The molecule has 0 N–H and O–H groups in total. The quantitative estimate of drug-likeness (QED) is 0.138. The van der Waals surface area contributed by atoms with Crippen LogP contribution in [0.5, 0.6) is 0 Å². The molecule has 0 saturated carbocycles. The van der Waals surface area contributed by atoms with Gasteiger partial charge in [0.05, 0.1) is 11.1 Å². The average molecular weight is 836 g/mol. The first kappa shape index (κ1) is 38.2. The van der Waals surface area contributed by atoms with E-state index in [0.29, 0.717) is 0 Å². The molecule has 12 rings (SSSR count). The molecular weight excluding hydrogens is 791 g/mol. The van der Waals surface area contributed by atoms with E-state index >= 15 is 0 Å². The maximum Gasteiger partial charge on any atom is 0.0701 e. The molecule has 0 unspecified atom stereocenters. The largest absolute Gasteiger partial charge is 0.310 e. The fourth-order valence-electron chi connectivity index (χ4n) is 10.9. The van der Waals surface area contributed by atoms with Gasteiger partial charge >= 0.3 is 0 Å². The van der Waals surface area contributed by atoms with Crippen molar-refractivity contribution in [1.82, 2.24) is 0 Å². The average Bonchev–Trinajstić information content (AvgIpc) is 3.85. The lowest BCUT2D eigenvalue weighted by molar-refractivity contribution is 0.660. The number of hydrogen-bond donors (Lipinski definition) is 0. The summed E-state index contributed by atoms with van der Waals surface area (Å²) in [5.74, 6) is 0. The second-order valence-electron chi connectivity index (χ2n) is 17.6. The zero-order chi connectivity index (χ0) is 42.8. The Balaban J connectivity index is 1.14. The molecule has 1 aromatic heterocycles. The second kappa shape index (κ2) is 15.1. The van der Waals surface area contributed by atoms with Crippen molar-refractivity contribution >= 4 is 59.3 Å². The van der Waals surface area contributed by atoms with Gasteiger partial charge in [-0.15, -0.1) is 11.3 Å².